The quantitative estimate of drug-likeness (QED) is 0.903. The van der Waals surface area contributed by atoms with Crippen LogP contribution in [0.15, 0.2) is 12.7 Å². The molecule has 1 aliphatic rings. The Labute approximate surface area is 125 Å². The summed E-state index contributed by atoms with van der Waals surface area (Å²) in [5.41, 5.74) is 1.80. The molecule has 0 saturated heterocycles. The molecule has 1 aliphatic carbocycles. The van der Waals surface area contributed by atoms with E-state index >= 15 is 0 Å². The third kappa shape index (κ3) is 2.72. The molecule has 6 nitrogen and oxygen atoms in total. The molecular formula is C15H24N6. The summed E-state index contributed by atoms with van der Waals surface area (Å²) >= 11 is 0. The molecule has 2 heterocycles. The maximum atomic E-state index is 4.36. The number of nitrogens with zero attached hydrogens (tertiary/aromatic N) is 4. The minimum Gasteiger partial charge on any atom is -0.366 e. The Hall–Kier alpha value is -1.69. The number of hydrogen-bond acceptors (Lipinski definition) is 5. The van der Waals surface area contributed by atoms with Crippen LogP contribution in [0.25, 0.3) is 11.2 Å². The Bertz CT molecular complexity index is 607. The summed E-state index contributed by atoms with van der Waals surface area (Å²) in [6.07, 6.45) is 8.32. The molecule has 2 aromatic rings. The molecule has 2 N–H and O–H groups in total. The number of aromatic amines is 1. The largest absolute Gasteiger partial charge is 0.366 e. The fourth-order valence-corrected chi connectivity index (χ4v) is 3.50. The molecule has 0 aromatic carbocycles. The Morgan fingerprint density at radius 3 is 3.00 bits per heavy atom. The first kappa shape index (κ1) is 14.3. The Kier molecular flexibility index (Phi) is 3.80. The molecule has 2 atom stereocenters. The molecule has 114 valence electrons. The summed E-state index contributed by atoms with van der Waals surface area (Å²) in [6, 6.07) is 0. The smallest absolute Gasteiger partial charge is 0.182 e. The molecule has 0 spiro atoms. The molecule has 3 rings (SSSR count). The van der Waals surface area contributed by atoms with Crippen molar-refractivity contribution in [3.63, 3.8) is 0 Å². The molecule has 6 heteroatoms. The SMILES string of the molecule is CC1CCCC(CNc2ncnc3nc[nH]c23)(N(C)C)C1. The molecule has 2 aromatic heterocycles. The van der Waals surface area contributed by atoms with Crippen LogP contribution in [-0.4, -0.2) is 51.0 Å². The number of aromatic nitrogens is 4. The van der Waals surface area contributed by atoms with E-state index in [1.54, 1.807) is 12.7 Å². The highest BCUT2D eigenvalue weighted by atomic mass is 15.2. The first-order chi connectivity index (χ1) is 10.1. The van der Waals surface area contributed by atoms with Crippen LogP contribution in [-0.2, 0) is 0 Å². The van der Waals surface area contributed by atoms with Gasteiger partial charge < -0.3 is 15.2 Å². The highest BCUT2D eigenvalue weighted by Gasteiger charge is 2.36. The number of imidazole rings is 1. The van der Waals surface area contributed by atoms with E-state index in [2.05, 4.69) is 51.2 Å². The number of hydrogen-bond donors (Lipinski definition) is 2. The van der Waals surface area contributed by atoms with Crippen LogP contribution in [0.2, 0.25) is 0 Å². The van der Waals surface area contributed by atoms with Crippen LogP contribution < -0.4 is 5.32 Å². The molecule has 1 fully saturated rings. The maximum Gasteiger partial charge on any atom is 0.182 e. The van der Waals surface area contributed by atoms with E-state index in [1.807, 2.05) is 0 Å². The standard InChI is InChI=1S/C15H24N6/c1-11-5-4-6-15(7-11,21(2)3)8-16-13-12-14(18-9-17-12)20-10-19-13/h9-11H,4-8H2,1-3H3,(H2,16,17,18,19,20). The average Bonchev–Trinajstić information content (AvgIpc) is 2.94. The normalized spacial score (nSPS) is 26.4. The zero-order chi connectivity index (χ0) is 14.9. The lowest BCUT2D eigenvalue weighted by molar-refractivity contribution is 0.0882. The molecular weight excluding hydrogens is 264 g/mol. The van der Waals surface area contributed by atoms with Crippen molar-refractivity contribution in [2.45, 2.75) is 38.1 Å². The molecule has 21 heavy (non-hydrogen) atoms. The van der Waals surface area contributed by atoms with Gasteiger partial charge in [0, 0.05) is 12.1 Å². The Balaban J connectivity index is 1.79. The zero-order valence-electron chi connectivity index (χ0n) is 13.1. The Morgan fingerprint density at radius 2 is 2.24 bits per heavy atom. The molecule has 0 amide bonds. The number of nitrogens with one attached hydrogen (secondary N) is 2. The van der Waals surface area contributed by atoms with Gasteiger partial charge in [-0.1, -0.05) is 19.8 Å². The van der Waals surface area contributed by atoms with Gasteiger partial charge >= 0.3 is 0 Å². The van der Waals surface area contributed by atoms with Gasteiger partial charge in [0.05, 0.1) is 6.33 Å². The van der Waals surface area contributed by atoms with Gasteiger partial charge in [-0.05, 0) is 32.9 Å². The molecule has 2 unspecified atom stereocenters. The van der Waals surface area contributed by atoms with Crippen molar-refractivity contribution in [1.82, 2.24) is 24.8 Å². The lowest BCUT2D eigenvalue weighted by Gasteiger charge is -2.45. The second kappa shape index (κ2) is 5.60. The highest BCUT2D eigenvalue weighted by Crippen LogP contribution is 2.36. The zero-order valence-corrected chi connectivity index (χ0v) is 13.1. The van der Waals surface area contributed by atoms with E-state index in [1.165, 1.54) is 25.7 Å². The van der Waals surface area contributed by atoms with Crippen molar-refractivity contribution >= 4 is 17.0 Å². The van der Waals surface area contributed by atoms with Crippen LogP contribution in [0.1, 0.15) is 32.6 Å². The first-order valence-corrected chi connectivity index (χ1v) is 7.66. The molecule has 0 radical (unpaired) electrons. The summed E-state index contributed by atoms with van der Waals surface area (Å²) in [5, 5.41) is 3.52. The third-order valence-electron chi connectivity index (χ3n) is 4.82. The number of likely N-dealkylation sites (N-methyl/N-ethyl adjacent to an activating group) is 1. The number of anilines is 1. The van der Waals surface area contributed by atoms with Gasteiger partial charge in [0.2, 0.25) is 0 Å². The van der Waals surface area contributed by atoms with Gasteiger partial charge in [0.1, 0.15) is 11.8 Å². The van der Waals surface area contributed by atoms with E-state index in [9.17, 15) is 0 Å². The summed E-state index contributed by atoms with van der Waals surface area (Å²) in [7, 11) is 4.37. The van der Waals surface area contributed by atoms with Crippen LogP contribution in [0.4, 0.5) is 5.82 Å². The minimum absolute atomic E-state index is 0.203. The van der Waals surface area contributed by atoms with Gasteiger partial charge in [-0.2, -0.15) is 0 Å². The van der Waals surface area contributed by atoms with E-state index in [4.69, 9.17) is 0 Å². The van der Waals surface area contributed by atoms with E-state index < -0.39 is 0 Å². The monoisotopic (exact) mass is 288 g/mol. The highest BCUT2D eigenvalue weighted by molar-refractivity contribution is 5.81. The predicted molar refractivity (Wildman–Crippen MR) is 84.2 cm³/mol. The number of rotatable bonds is 4. The minimum atomic E-state index is 0.203. The number of fused-ring (bicyclic) bond motifs is 1. The fraction of sp³-hybridized carbons (Fsp3) is 0.667. The summed E-state index contributed by atoms with van der Waals surface area (Å²) in [6.45, 7) is 3.25. The number of H-pyrrole nitrogens is 1. The lowest BCUT2D eigenvalue weighted by Crippen LogP contribution is -2.52. The van der Waals surface area contributed by atoms with E-state index in [-0.39, 0.29) is 5.54 Å². The van der Waals surface area contributed by atoms with Crippen LogP contribution >= 0.6 is 0 Å². The van der Waals surface area contributed by atoms with Crippen molar-refractivity contribution < 1.29 is 0 Å². The van der Waals surface area contributed by atoms with E-state index in [0.717, 1.165) is 23.8 Å². The Morgan fingerprint density at radius 1 is 1.38 bits per heavy atom. The van der Waals surface area contributed by atoms with Crippen LogP contribution in [0.3, 0.4) is 0 Å². The van der Waals surface area contributed by atoms with E-state index in [0.29, 0.717) is 5.65 Å². The van der Waals surface area contributed by atoms with Crippen molar-refractivity contribution in [3.8, 4) is 0 Å². The van der Waals surface area contributed by atoms with Crippen molar-refractivity contribution in [2.75, 3.05) is 26.0 Å². The fourth-order valence-electron chi connectivity index (χ4n) is 3.50. The molecule has 0 bridgehead atoms. The predicted octanol–water partition coefficient (Wildman–Crippen LogP) is 2.28. The van der Waals surface area contributed by atoms with Gasteiger partial charge in [-0.15, -0.1) is 0 Å². The van der Waals surface area contributed by atoms with Crippen molar-refractivity contribution in [1.29, 1.82) is 0 Å². The topological polar surface area (TPSA) is 69.7 Å². The van der Waals surface area contributed by atoms with Crippen LogP contribution in [0, 0.1) is 5.92 Å². The molecule has 0 aliphatic heterocycles. The van der Waals surface area contributed by atoms with Crippen molar-refractivity contribution in [2.24, 2.45) is 5.92 Å². The summed E-state index contributed by atoms with van der Waals surface area (Å²) in [4.78, 5) is 18.2. The second-order valence-electron chi connectivity index (χ2n) is 6.50. The van der Waals surface area contributed by atoms with Crippen molar-refractivity contribution in [3.05, 3.63) is 12.7 Å². The van der Waals surface area contributed by atoms with Gasteiger partial charge in [0.25, 0.3) is 0 Å². The van der Waals surface area contributed by atoms with Gasteiger partial charge in [-0.25, -0.2) is 15.0 Å². The van der Waals surface area contributed by atoms with Gasteiger partial charge in [0.15, 0.2) is 11.5 Å². The average molecular weight is 288 g/mol. The van der Waals surface area contributed by atoms with Gasteiger partial charge in [-0.3, -0.25) is 0 Å². The third-order valence-corrected chi connectivity index (χ3v) is 4.82. The molecule has 1 saturated carbocycles. The summed E-state index contributed by atoms with van der Waals surface area (Å²) < 4.78 is 0. The maximum absolute atomic E-state index is 4.36. The van der Waals surface area contributed by atoms with Crippen LogP contribution in [0.5, 0.6) is 0 Å². The first-order valence-electron chi connectivity index (χ1n) is 7.66. The summed E-state index contributed by atoms with van der Waals surface area (Å²) in [5.74, 6) is 1.62. The lowest BCUT2D eigenvalue weighted by atomic mass is 9.75. The second-order valence-corrected chi connectivity index (χ2v) is 6.50.